The first-order valence-electron chi connectivity index (χ1n) is 35.2. The van der Waals surface area contributed by atoms with Gasteiger partial charge < -0.3 is 27.9 Å². The van der Waals surface area contributed by atoms with E-state index in [0.29, 0.717) is 17.4 Å². The van der Waals surface area contributed by atoms with Crippen LogP contribution in [0.25, 0.3) is 0 Å². The zero-order valence-corrected chi connectivity index (χ0v) is 54.8. The first kappa shape index (κ1) is 78.0. The summed E-state index contributed by atoms with van der Waals surface area (Å²) in [6.07, 6.45) is 73.4. The Kier molecular flexibility index (Phi) is 60.8. The highest BCUT2D eigenvalue weighted by Crippen LogP contribution is 2.38. The Hall–Kier alpha value is -0.990. The molecule has 0 aromatic heterocycles. The van der Waals surface area contributed by atoms with Gasteiger partial charge in [0.2, 0.25) is 0 Å². The third-order valence-electron chi connectivity index (χ3n) is 16.4. The van der Waals surface area contributed by atoms with Gasteiger partial charge in [-0.2, -0.15) is 0 Å². The quantitative estimate of drug-likeness (QED) is 0.0256. The molecule has 79 heavy (non-hydrogen) atoms. The van der Waals surface area contributed by atoms with Gasteiger partial charge in [0.25, 0.3) is 7.82 Å². The van der Waals surface area contributed by atoms with Crippen molar-refractivity contribution in [1.82, 2.24) is 0 Å². The molecular weight excluding hydrogens is 1000 g/mol. The minimum Gasteiger partial charge on any atom is -0.756 e. The molecule has 0 fully saturated rings. The van der Waals surface area contributed by atoms with E-state index in [0.717, 1.165) is 32.1 Å². The second kappa shape index (κ2) is 61.6. The van der Waals surface area contributed by atoms with Gasteiger partial charge in [0, 0.05) is 12.8 Å². The number of nitrogens with zero attached hydrogens (tertiary/aromatic N) is 1. The molecule has 0 aromatic rings. The third-order valence-corrected chi connectivity index (χ3v) is 17.3. The highest BCUT2D eigenvalue weighted by atomic mass is 31.2. The number of carbonyl (C=O) groups excluding carboxylic acids is 2. The summed E-state index contributed by atoms with van der Waals surface area (Å²) in [7, 11) is 1.20. The number of ether oxygens (including phenoxy) is 2. The van der Waals surface area contributed by atoms with Gasteiger partial charge in [-0.25, -0.2) is 0 Å². The minimum atomic E-state index is -4.63. The standard InChI is InChI=1S/C69H138NO8P/c1-6-8-10-12-14-16-18-20-22-24-26-28-29-30-31-32-33-34-35-36-37-38-39-40-41-42-44-46-48-50-52-54-56-58-60-62-69(72)78-67(66-77-79(73,74)76-64-63-70(3,4)5)65-75-68(71)61-59-57-55-53-51-49-47-45-43-27-25-23-21-19-17-15-13-11-9-7-2/h67H,6-66H2,1-5H3. The van der Waals surface area contributed by atoms with Gasteiger partial charge in [0.05, 0.1) is 27.7 Å². The first-order chi connectivity index (χ1) is 38.5. The molecule has 0 N–H and O–H groups in total. The number of likely N-dealkylation sites (N-methyl/N-ethyl adjacent to an activating group) is 1. The van der Waals surface area contributed by atoms with Crippen molar-refractivity contribution in [3.05, 3.63) is 0 Å². The van der Waals surface area contributed by atoms with Crippen LogP contribution in [0.1, 0.15) is 380 Å². The SMILES string of the molecule is CCCCCCCCCCCCCCCCCCCCCCCCCCCCCCCCCCCCCC(=O)OC(COC(=O)CCCCCCCCCCCCCCCCCCCCCC)COP(=O)([O-])OCC[N+](C)(C)C. The lowest BCUT2D eigenvalue weighted by atomic mass is 10.0. The first-order valence-corrected chi connectivity index (χ1v) is 36.7. The van der Waals surface area contributed by atoms with Crippen molar-refractivity contribution in [3.8, 4) is 0 Å². The molecule has 472 valence electrons. The molecule has 10 heteroatoms. The molecule has 0 saturated carbocycles. The van der Waals surface area contributed by atoms with E-state index < -0.39 is 26.5 Å². The minimum absolute atomic E-state index is 0.0249. The van der Waals surface area contributed by atoms with E-state index in [1.807, 2.05) is 21.1 Å². The maximum absolute atomic E-state index is 12.9. The van der Waals surface area contributed by atoms with Crippen LogP contribution in [-0.4, -0.2) is 70.0 Å². The number of esters is 2. The Morgan fingerprint density at radius 1 is 0.342 bits per heavy atom. The van der Waals surface area contributed by atoms with Crippen LogP contribution in [0.2, 0.25) is 0 Å². The van der Waals surface area contributed by atoms with Crippen LogP contribution >= 0.6 is 7.82 Å². The van der Waals surface area contributed by atoms with E-state index in [9.17, 15) is 19.0 Å². The zero-order chi connectivity index (χ0) is 57.7. The van der Waals surface area contributed by atoms with Crippen LogP contribution in [0.5, 0.6) is 0 Å². The van der Waals surface area contributed by atoms with Crippen LogP contribution in [0.3, 0.4) is 0 Å². The van der Waals surface area contributed by atoms with Gasteiger partial charge in [-0.15, -0.1) is 0 Å². The molecule has 9 nitrogen and oxygen atoms in total. The largest absolute Gasteiger partial charge is 0.756 e. The number of hydrogen-bond acceptors (Lipinski definition) is 8. The average molecular weight is 1140 g/mol. The smallest absolute Gasteiger partial charge is 0.306 e. The average Bonchev–Trinajstić information content (AvgIpc) is 3.41. The molecule has 0 aromatic carbocycles. The van der Waals surface area contributed by atoms with Crippen LogP contribution < -0.4 is 4.89 Å². The molecule has 0 rings (SSSR count). The number of carbonyl (C=O) groups is 2. The number of phosphoric acid groups is 1. The molecule has 0 radical (unpaired) electrons. The number of phosphoric ester groups is 1. The Morgan fingerprint density at radius 3 is 0.810 bits per heavy atom. The van der Waals surface area contributed by atoms with Crippen LogP contribution in [0, 0.1) is 0 Å². The van der Waals surface area contributed by atoms with Crippen molar-refractivity contribution < 1.29 is 42.1 Å². The lowest BCUT2D eigenvalue weighted by Crippen LogP contribution is -2.37. The fourth-order valence-corrected chi connectivity index (χ4v) is 11.7. The summed E-state index contributed by atoms with van der Waals surface area (Å²) in [4.78, 5) is 38.0. The highest BCUT2D eigenvalue weighted by Gasteiger charge is 2.22. The Bertz CT molecular complexity index is 1290. The molecule has 2 unspecified atom stereocenters. The Labute approximate surface area is 493 Å². The normalized spacial score (nSPS) is 13.0. The van der Waals surface area contributed by atoms with E-state index in [1.165, 1.54) is 315 Å². The molecule has 2 atom stereocenters. The summed E-state index contributed by atoms with van der Waals surface area (Å²) in [6.45, 7) is 4.33. The molecule has 0 heterocycles. The van der Waals surface area contributed by atoms with E-state index in [2.05, 4.69) is 13.8 Å². The Morgan fingerprint density at radius 2 is 0.570 bits per heavy atom. The fourth-order valence-electron chi connectivity index (χ4n) is 11.0. The predicted octanol–water partition coefficient (Wildman–Crippen LogP) is 21.9. The topological polar surface area (TPSA) is 111 Å². The molecule has 0 amide bonds. The van der Waals surface area contributed by atoms with Crippen molar-refractivity contribution in [2.45, 2.75) is 386 Å². The lowest BCUT2D eigenvalue weighted by molar-refractivity contribution is -0.870. The molecule has 0 saturated heterocycles. The second-order valence-electron chi connectivity index (χ2n) is 25.6. The van der Waals surface area contributed by atoms with E-state index >= 15 is 0 Å². The van der Waals surface area contributed by atoms with Crippen LogP contribution in [0.15, 0.2) is 0 Å². The molecule has 0 aliphatic heterocycles. The van der Waals surface area contributed by atoms with Crippen molar-refractivity contribution >= 4 is 19.8 Å². The molecule has 0 aliphatic rings. The van der Waals surface area contributed by atoms with Gasteiger partial charge in [-0.1, -0.05) is 354 Å². The molecular formula is C69H138NO8P. The predicted molar refractivity (Wildman–Crippen MR) is 338 cm³/mol. The lowest BCUT2D eigenvalue weighted by Gasteiger charge is -2.28. The summed E-state index contributed by atoms with van der Waals surface area (Å²) in [5.41, 5.74) is 0. The van der Waals surface area contributed by atoms with Gasteiger partial charge in [-0.3, -0.25) is 14.2 Å². The van der Waals surface area contributed by atoms with E-state index in [-0.39, 0.29) is 32.0 Å². The van der Waals surface area contributed by atoms with Crippen LogP contribution in [0.4, 0.5) is 0 Å². The zero-order valence-electron chi connectivity index (χ0n) is 53.9. The summed E-state index contributed by atoms with van der Waals surface area (Å²) >= 11 is 0. The fraction of sp³-hybridized carbons (Fsp3) is 0.971. The number of unbranched alkanes of at least 4 members (excludes halogenated alkanes) is 53. The van der Waals surface area contributed by atoms with E-state index in [4.69, 9.17) is 18.5 Å². The van der Waals surface area contributed by atoms with Crippen molar-refractivity contribution in [1.29, 1.82) is 0 Å². The summed E-state index contributed by atoms with van der Waals surface area (Å²) < 4.78 is 34.3. The molecule has 0 spiro atoms. The number of quaternary nitrogens is 1. The Balaban J connectivity index is 3.91. The van der Waals surface area contributed by atoms with Gasteiger partial charge in [0.15, 0.2) is 6.10 Å². The van der Waals surface area contributed by atoms with Crippen LogP contribution in [-0.2, 0) is 32.7 Å². The summed E-state index contributed by atoms with van der Waals surface area (Å²) in [5.74, 6) is -0.805. The number of hydrogen-bond donors (Lipinski definition) is 0. The monoisotopic (exact) mass is 1140 g/mol. The van der Waals surface area contributed by atoms with Crippen molar-refractivity contribution in [3.63, 3.8) is 0 Å². The maximum Gasteiger partial charge on any atom is 0.306 e. The van der Waals surface area contributed by atoms with E-state index in [1.54, 1.807) is 0 Å². The maximum atomic E-state index is 12.9. The van der Waals surface area contributed by atoms with Gasteiger partial charge >= 0.3 is 11.9 Å². The summed E-state index contributed by atoms with van der Waals surface area (Å²) in [5, 5.41) is 0. The van der Waals surface area contributed by atoms with Gasteiger partial charge in [0.1, 0.15) is 19.8 Å². The summed E-state index contributed by atoms with van der Waals surface area (Å²) in [6, 6.07) is 0. The number of rotatable bonds is 67. The molecule has 0 aliphatic carbocycles. The second-order valence-corrected chi connectivity index (χ2v) is 27.0. The van der Waals surface area contributed by atoms with Crippen molar-refractivity contribution in [2.24, 2.45) is 0 Å². The highest BCUT2D eigenvalue weighted by molar-refractivity contribution is 7.45. The van der Waals surface area contributed by atoms with Crippen molar-refractivity contribution in [2.75, 3.05) is 47.5 Å². The third kappa shape index (κ3) is 66.0. The molecule has 0 bridgehead atoms. The van der Waals surface area contributed by atoms with Gasteiger partial charge in [-0.05, 0) is 12.8 Å².